The molecule has 1 fully saturated rings. The largest absolute Gasteiger partial charge is 0.309 e. The van der Waals surface area contributed by atoms with Crippen LogP contribution in [-0.2, 0) is 16.4 Å². The van der Waals surface area contributed by atoms with Crippen molar-refractivity contribution in [3.05, 3.63) is 35.4 Å². The van der Waals surface area contributed by atoms with Gasteiger partial charge < -0.3 is 5.32 Å². The predicted molar refractivity (Wildman–Crippen MR) is 72.7 cm³/mol. The maximum Gasteiger partial charge on any atom is 0.213 e. The molecule has 2 unspecified atom stereocenters. The van der Waals surface area contributed by atoms with E-state index in [1.165, 1.54) is 11.1 Å². The van der Waals surface area contributed by atoms with Gasteiger partial charge in [0.1, 0.15) is 0 Å². The molecular formula is C13H20N2O2S. The van der Waals surface area contributed by atoms with Crippen molar-refractivity contribution in [2.45, 2.75) is 37.5 Å². The highest BCUT2D eigenvalue weighted by Crippen LogP contribution is 2.25. The van der Waals surface area contributed by atoms with Gasteiger partial charge in [-0.15, -0.1) is 0 Å². The number of rotatable bonds is 3. The van der Waals surface area contributed by atoms with E-state index in [1.54, 1.807) is 0 Å². The number of piperidine rings is 1. The van der Waals surface area contributed by atoms with E-state index in [0.29, 0.717) is 13.0 Å². The Labute approximate surface area is 109 Å². The Morgan fingerprint density at radius 2 is 1.94 bits per heavy atom. The standard InChI is InChI=1S/C13H20N2O2S/c1-2-10-3-5-11(6-4-10)13-8-7-12(9-15-13)18(14,16)17/h3-6,12-13,15H,2,7-9H2,1H3,(H2,14,16,17). The highest BCUT2D eigenvalue weighted by Gasteiger charge is 2.28. The number of sulfonamides is 1. The fourth-order valence-electron chi connectivity index (χ4n) is 2.38. The van der Waals surface area contributed by atoms with Crippen molar-refractivity contribution in [3.8, 4) is 0 Å². The number of hydrogen-bond acceptors (Lipinski definition) is 3. The van der Waals surface area contributed by atoms with Crippen LogP contribution in [0.4, 0.5) is 0 Å². The van der Waals surface area contributed by atoms with Gasteiger partial charge in [-0.3, -0.25) is 0 Å². The van der Waals surface area contributed by atoms with E-state index in [-0.39, 0.29) is 6.04 Å². The lowest BCUT2D eigenvalue weighted by atomic mass is 9.96. The van der Waals surface area contributed by atoms with Gasteiger partial charge in [0.25, 0.3) is 0 Å². The zero-order valence-electron chi connectivity index (χ0n) is 10.6. The van der Waals surface area contributed by atoms with Crippen LogP contribution in [0.15, 0.2) is 24.3 Å². The summed E-state index contributed by atoms with van der Waals surface area (Å²) >= 11 is 0. The number of hydrogen-bond donors (Lipinski definition) is 2. The zero-order valence-corrected chi connectivity index (χ0v) is 11.4. The topological polar surface area (TPSA) is 72.2 Å². The van der Waals surface area contributed by atoms with E-state index in [4.69, 9.17) is 5.14 Å². The molecule has 18 heavy (non-hydrogen) atoms. The molecule has 4 nitrogen and oxygen atoms in total. The zero-order chi connectivity index (χ0) is 13.2. The van der Waals surface area contributed by atoms with Crippen molar-refractivity contribution in [1.29, 1.82) is 0 Å². The van der Waals surface area contributed by atoms with Crippen molar-refractivity contribution < 1.29 is 8.42 Å². The maximum atomic E-state index is 11.3. The summed E-state index contributed by atoms with van der Waals surface area (Å²) < 4.78 is 22.5. The van der Waals surface area contributed by atoms with Gasteiger partial charge in [-0.05, 0) is 30.4 Å². The molecule has 0 saturated carbocycles. The summed E-state index contributed by atoms with van der Waals surface area (Å²) in [5, 5.41) is 7.99. The highest BCUT2D eigenvalue weighted by molar-refractivity contribution is 7.89. The Morgan fingerprint density at radius 3 is 2.39 bits per heavy atom. The number of aryl methyl sites for hydroxylation is 1. The first-order valence-electron chi connectivity index (χ1n) is 6.34. The lowest BCUT2D eigenvalue weighted by molar-refractivity contribution is 0.408. The van der Waals surface area contributed by atoms with Crippen molar-refractivity contribution in [2.75, 3.05) is 6.54 Å². The lowest BCUT2D eigenvalue weighted by Crippen LogP contribution is -2.43. The molecule has 1 aromatic rings. The molecule has 1 heterocycles. The molecule has 2 atom stereocenters. The molecule has 1 aliphatic heterocycles. The van der Waals surface area contributed by atoms with Gasteiger partial charge in [0.05, 0.1) is 5.25 Å². The summed E-state index contributed by atoms with van der Waals surface area (Å²) in [6, 6.07) is 8.74. The van der Waals surface area contributed by atoms with Crippen LogP contribution in [-0.4, -0.2) is 20.2 Å². The number of nitrogens with one attached hydrogen (secondary N) is 1. The van der Waals surface area contributed by atoms with Crippen molar-refractivity contribution in [2.24, 2.45) is 5.14 Å². The second-order valence-electron chi connectivity index (χ2n) is 4.84. The minimum absolute atomic E-state index is 0.244. The van der Waals surface area contributed by atoms with Gasteiger partial charge in [0.2, 0.25) is 10.0 Å². The van der Waals surface area contributed by atoms with Crippen LogP contribution < -0.4 is 10.5 Å². The summed E-state index contributed by atoms with van der Waals surface area (Å²) in [5.41, 5.74) is 2.54. The van der Waals surface area contributed by atoms with Gasteiger partial charge in [0, 0.05) is 12.6 Å². The second kappa shape index (κ2) is 5.38. The van der Waals surface area contributed by atoms with Crippen LogP contribution in [0.2, 0.25) is 0 Å². The van der Waals surface area contributed by atoms with Gasteiger partial charge in [-0.25, -0.2) is 13.6 Å². The van der Waals surface area contributed by atoms with Gasteiger partial charge >= 0.3 is 0 Å². The minimum atomic E-state index is -3.40. The first-order chi connectivity index (χ1) is 8.50. The Morgan fingerprint density at radius 1 is 1.28 bits per heavy atom. The van der Waals surface area contributed by atoms with E-state index in [9.17, 15) is 8.42 Å². The van der Waals surface area contributed by atoms with E-state index in [1.807, 2.05) is 0 Å². The van der Waals surface area contributed by atoms with Crippen molar-refractivity contribution >= 4 is 10.0 Å². The smallest absolute Gasteiger partial charge is 0.213 e. The molecule has 2 rings (SSSR count). The van der Waals surface area contributed by atoms with Crippen LogP contribution in [0.3, 0.4) is 0 Å². The Kier molecular flexibility index (Phi) is 4.04. The second-order valence-corrected chi connectivity index (χ2v) is 6.69. The van der Waals surface area contributed by atoms with E-state index in [2.05, 4.69) is 36.5 Å². The summed E-state index contributed by atoms with van der Waals surface area (Å²) in [5.74, 6) is 0. The average Bonchev–Trinajstić information content (AvgIpc) is 2.38. The molecule has 0 radical (unpaired) electrons. The van der Waals surface area contributed by atoms with E-state index >= 15 is 0 Å². The normalized spacial score (nSPS) is 25.0. The monoisotopic (exact) mass is 268 g/mol. The highest BCUT2D eigenvalue weighted by atomic mass is 32.2. The van der Waals surface area contributed by atoms with Crippen LogP contribution in [0.25, 0.3) is 0 Å². The molecule has 3 N–H and O–H groups in total. The summed E-state index contributed by atoms with van der Waals surface area (Å²) in [6.45, 7) is 2.57. The molecule has 1 aromatic carbocycles. The van der Waals surface area contributed by atoms with Crippen molar-refractivity contribution in [3.63, 3.8) is 0 Å². The molecule has 0 bridgehead atoms. The molecule has 0 amide bonds. The van der Waals surface area contributed by atoms with Crippen LogP contribution in [0.1, 0.15) is 36.9 Å². The lowest BCUT2D eigenvalue weighted by Gasteiger charge is -2.29. The van der Waals surface area contributed by atoms with Crippen LogP contribution in [0.5, 0.6) is 0 Å². The van der Waals surface area contributed by atoms with E-state index < -0.39 is 15.3 Å². The van der Waals surface area contributed by atoms with Crippen LogP contribution in [0, 0.1) is 0 Å². The predicted octanol–water partition coefficient (Wildman–Crippen LogP) is 1.33. The quantitative estimate of drug-likeness (QED) is 0.868. The van der Waals surface area contributed by atoms with Gasteiger partial charge in [-0.1, -0.05) is 31.2 Å². The molecule has 0 aromatic heterocycles. The molecule has 1 aliphatic rings. The summed E-state index contributed by atoms with van der Waals surface area (Å²) in [7, 11) is -3.40. The third-order valence-electron chi connectivity index (χ3n) is 3.62. The first-order valence-corrected chi connectivity index (χ1v) is 7.95. The molecule has 0 aliphatic carbocycles. The SMILES string of the molecule is CCc1ccc(C2CCC(S(N)(=O)=O)CN2)cc1. The Bertz CT molecular complexity index is 488. The number of nitrogens with two attached hydrogens (primary N) is 1. The third kappa shape index (κ3) is 3.10. The summed E-state index contributed by atoms with van der Waals surface area (Å²) in [4.78, 5) is 0. The molecule has 1 saturated heterocycles. The molecular weight excluding hydrogens is 248 g/mol. The van der Waals surface area contributed by atoms with Crippen molar-refractivity contribution in [1.82, 2.24) is 5.32 Å². The fraction of sp³-hybridized carbons (Fsp3) is 0.538. The molecule has 5 heteroatoms. The van der Waals surface area contributed by atoms with Gasteiger partial charge in [0.15, 0.2) is 0 Å². The maximum absolute atomic E-state index is 11.3. The third-order valence-corrected chi connectivity index (χ3v) is 4.96. The minimum Gasteiger partial charge on any atom is -0.309 e. The average molecular weight is 268 g/mol. The number of primary sulfonamides is 1. The number of benzene rings is 1. The Balaban J connectivity index is 2.01. The fourth-order valence-corrected chi connectivity index (χ4v) is 3.17. The molecule has 100 valence electrons. The first kappa shape index (κ1) is 13.5. The van der Waals surface area contributed by atoms with Crippen LogP contribution >= 0.6 is 0 Å². The van der Waals surface area contributed by atoms with Gasteiger partial charge in [-0.2, -0.15) is 0 Å². The molecule has 0 spiro atoms. The Hall–Kier alpha value is -0.910. The summed E-state index contributed by atoms with van der Waals surface area (Å²) in [6.07, 6.45) is 2.48. The van der Waals surface area contributed by atoms with E-state index in [0.717, 1.165) is 12.8 Å².